The highest BCUT2D eigenvalue weighted by Crippen LogP contribution is 2.30. The van der Waals surface area contributed by atoms with Crippen molar-refractivity contribution in [2.75, 3.05) is 10.6 Å². The molecule has 0 aliphatic carbocycles. The number of ether oxygens (including phenoxy) is 1. The first-order valence-corrected chi connectivity index (χ1v) is 8.47. The third-order valence-corrected chi connectivity index (χ3v) is 3.53. The van der Waals surface area contributed by atoms with Crippen molar-refractivity contribution in [1.29, 1.82) is 0 Å². The molecule has 6 nitrogen and oxygen atoms in total. The minimum atomic E-state index is -4.37. The lowest BCUT2D eigenvalue weighted by molar-refractivity contribution is -0.137. The minimum Gasteiger partial charge on any atom is -0.491 e. The predicted molar refractivity (Wildman–Crippen MR) is 100 cm³/mol. The SMILES string of the molecule is CC(C)Oc1ccc(Nc2nncc(Nc3ccc(C(F)(F)F)cc3)n2)cc1. The molecule has 0 unspecified atom stereocenters. The minimum absolute atomic E-state index is 0.0827. The van der Waals surface area contributed by atoms with E-state index in [-0.39, 0.29) is 12.1 Å². The maximum absolute atomic E-state index is 12.6. The van der Waals surface area contributed by atoms with Gasteiger partial charge >= 0.3 is 6.18 Å². The third kappa shape index (κ3) is 5.32. The molecule has 9 heteroatoms. The zero-order chi connectivity index (χ0) is 20.1. The summed E-state index contributed by atoms with van der Waals surface area (Å²) in [6.45, 7) is 3.89. The number of hydrogen-bond donors (Lipinski definition) is 2. The molecule has 1 aromatic heterocycles. The van der Waals surface area contributed by atoms with Gasteiger partial charge in [0, 0.05) is 11.4 Å². The van der Waals surface area contributed by atoms with Crippen LogP contribution < -0.4 is 15.4 Å². The van der Waals surface area contributed by atoms with Crippen LogP contribution in [-0.4, -0.2) is 21.3 Å². The molecule has 2 N–H and O–H groups in total. The summed E-state index contributed by atoms with van der Waals surface area (Å²) in [5.74, 6) is 1.34. The molecule has 0 amide bonds. The Morgan fingerprint density at radius 1 is 0.893 bits per heavy atom. The first-order valence-electron chi connectivity index (χ1n) is 8.47. The van der Waals surface area contributed by atoms with E-state index in [0.717, 1.165) is 23.6 Å². The Balaban J connectivity index is 1.67. The number of rotatable bonds is 6. The van der Waals surface area contributed by atoms with Crippen molar-refractivity contribution in [3.05, 3.63) is 60.3 Å². The lowest BCUT2D eigenvalue weighted by atomic mass is 10.2. The molecule has 2 aromatic carbocycles. The van der Waals surface area contributed by atoms with Crippen LogP contribution in [0.25, 0.3) is 0 Å². The monoisotopic (exact) mass is 389 g/mol. The summed E-state index contributed by atoms with van der Waals surface area (Å²) in [4.78, 5) is 4.26. The van der Waals surface area contributed by atoms with Crippen molar-refractivity contribution in [3.63, 3.8) is 0 Å². The molecule has 0 saturated carbocycles. The molecule has 0 saturated heterocycles. The van der Waals surface area contributed by atoms with Gasteiger partial charge in [0.15, 0.2) is 5.82 Å². The molecule has 3 rings (SSSR count). The number of aromatic nitrogens is 3. The molecule has 1 heterocycles. The Kier molecular flexibility index (Phi) is 5.62. The van der Waals surface area contributed by atoms with Crippen molar-refractivity contribution in [2.45, 2.75) is 26.1 Å². The molecule has 0 aliphatic heterocycles. The van der Waals surface area contributed by atoms with Crippen LogP contribution in [0.3, 0.4) is 0 Å². The van der Waals surface area contributed by atoms with Gasteiger partial charge in [0.2, 0.25) is 5.95 Å². The Morgan fingerprint density at radius 2 is 1.50 bits per heavy atom. The fraction of sp³-hybridized carbons (Fsp3) is 0.211. The summed E-state index contributed by atoms with van der Waals surface area (Å²) >= 11 is 0. The van der Waals surface area contributed by atoms with Crippen LogP contribution in [0.15, 0.2) is 54.7 Å². The van der Waals surface area contributed by atoms with E-state index in [1.807, 2.05) is 38.1 Å². The van der Waals surface area contributed by atoms with Crippen LogP contribution in [0.1, 0.15) is 19.4 Å². The van der Waals surface area contributed by atoms with E-state index in [9.17, 15) is 13.2 Å². The number of nitrogens with one attached hydrogen (secondary N) is 2. The Hall–Kier alpha value is -3.36. The normalized spacial score (nSPS) is 11.4. The van der Waals surface area contributed by atoms with Crippen molar-refractivity contribution in [2.24, 2.45) is 0 Å². The van der Waals surface area contributed by atoms with Crippen molar-refractivity contribution in [1.82, 2.24) is 15.2 Å². The molecule has 0 radical (unpaired) electrons. The summed E-state index contributed by atoms with van der Waals surface area (Å²) in [6, 6.07) is 11.9. The first-order chi connectivity index (χ1) is 13.3. The molecular formula is C19H18F3N5O. The van der Waals surface area contributed by atoms with Gasteiger partial charge in [-0.3, -0.25) is 0 Å². The molecule has 0 fully saturated rings. The molecule has 28 heavy (non-hydrogen) atoms. The number of anilines is 4. The standard InChI is InChI=1S/C19H18F3N5O/c1-12(2)28-16-9-7-15(8-10-16)25-18-26-17(11-23-27-18)24-14-5-3-13(4-6-14)19(20,21)22/h3-12H,1-2H3,(H2,24,25,26,27). The molecular weight excluding hydrogens is 371 g/mol. The van der Waals surface area contributed by atoms with Gasteiger partial charge in [0.1, 0.15) is 5.75 Å². The number of benzene rings is 2. The van der Waals surface area contributed by atoms with Gasteiger partial charge in [-0.2, -0.15) is 23.3 Å². The van der Waals surface area contributed by atoms with Gasteiger partial charge in [-0.1, -0.05) is 0 Å². The summed E-state index contributed by atoms with van der Waals surface area (Å²) in [5.41, 5.74) is 0.477. The van der Waals surface area contributed by atoms with Gasteiger partial charge < -0.3 is 15.4 Å². The van der Waals surface area contributed by atoms with Crippen molar-refractivity contribution < 1.29 is 17.9 Å². The number of hydrogen-bond acceptors (Lipinski definition) is 6. The largest absolute Gasteiger partial charge is 0.491 e. The van der Waals surface area contributed by atoms with Gasteiger partial charge in [-0.25, -0.2) is 0 Å². The molecule has 0 aliphatic rings. The second kappa shape index (κ2) is 8.12. The van der Waals surface area contributed by atoms with E-state index in [1.165, 1.54) is 18.3 Å². The highest BCUT2D eigenvalue weighted by atomic mass is 19.4. The first kappa shape index (κ1) is 19.4. The van der Waals surface area contributed by atoms with E-state index in [0.29, 0.717) is 11.5 Å². The number of nitrogens with zero attached hydrogens (tertiary/aromatic N) is 3. The van der Waals surface area contributed by atoms with Crippen LogP contribution >= 0.6 is 0 Å². The van der Waals surface area contributed by atoms with E-state index >= 15 is 0 Å². The molecule has 0 bridgehead atoms. The summed E-state index contributed by atoms with van der Waals surface area (Å²) < 4.78 is 43.5. The zero-order valence-corrected chi connectivity index (χ0v) is 15.2. The van der Waals surface area contributed by atoms with E-state index in [4.69, 9.17) is 4.74 Å². The van der Waals surface area contributed by atoms with Crippen LogP contribution in [0.5, 0.6) is 5.75 Å². The quantitative estimate of drug-likeness (QED) is 0.606. The van der Waals surface area contributed by atoms with Gasteiger partial charge in [0.05, 0.1) is 17.9 Å². The van der Waals surface area contributed by atoms with Crippen LogP contribution in [0.4, 0.5) is 36.3 Å². The van der Waals surface area contributed by atoms with E-state index in [2.05, 4.69) is 25.8 Å². The highest BCUT2D eigenvalue weighted by Gasteiger charge is 2.29. The smallest absolute Gasteiger partial charge is 0.416 e. The predicted octanol–water partition coefficient (Wildman–Crippen LogP) is 5.16. The van der Waals surface area contributed by atoms with Gasteiger partial charge in [-0.05, 0) is 62.4 Å². The van der Waals surface area contributed by atoms with Crippen LogP contribution in [0.2, 0.25) is 0 Å². The summed E-state index contributed by atoms with van der Waals surface area (Å²) in [7, 11) is 0. The van der Waals surface area contributed by atoms with Crippen molar-refractivity contribution in [3.8, 4) is 5.75 Å². The van der Waals surface area contributed by atoms with E-state index < -0.39 is 11.7 Å². The maximum atomic E-state index is 12.6. The summed E-state index contributed by atoms with van der Waals surface area (Å²) in [5, 5.41) is 13.7. The average Bonchev–Trinajstić information content (AvgIpc) is 2.63. The lowest BCUT2D eigenvalue weighted by Gasteiger charge is -2.11. The molecule has 0 spiro atoms. The van der Waals surface area contributed by atoms with Gasteiger partial charge in [-0.15, -0.1) is 5.10 Å². The van der Waals surface area contributed by atoms with Crippen LogP contribution in [0, 0.1) is 0 Å². The second-order valence-electron chi connectivity index (χ2n) is 6.18. The second-order valence-corrected chi connectivity index (χ2v) is 6.18. The summed E-state index contributed by atoms with van der Waals surface area (Å²) in [6.07, 6.45) is -2.91. The zero-order valence-electron chi connectivity index (χ0n) is 15.2. The number of halogens is 3. The Morgan fingerprint density at radius 3 is 2.11 bits per heavy atom. The Labute approximate surface area is 159 Å². The number of alkyl halides is 3. The third-order valence-electron chi connectivity index (χ3n) is 3.53. The Bertz CT molecular complexity index is 912. The fourth-order valence-electron chi connectivity index (χ4n) is 2.33. The van der Waals surface area contributed by atoms with Gasteiger partial charge in [0.25, 0.3) is 0 Å². The fourth-order valence-corrected chi connectivity index (χ4v) is 2.33. The molecule has 146 valence electrons. The lowest BCUT2D eigenvalue weighted by Crippen LogP contribution is -2.06. The highest BCUT2D eigenvalue weighted by molar-refractivity contribution is 5.59. The van der Waals surface area contributed by atoms with E-state index in [1.54, 1.807) is 0 Å². The topological polar surface area (TPSA) is 72.0 Å². The molecule has 3 aromatic rings. The van der Waals surface area contributed by atoms with Crippen LogP contribution in [-0.2, 0) is 6.18 Å². The van der Waals surface area contributed by atoms with Crippen molar-refractivity contribution >= 4 is 23.1 Å². The molecule has 0 atom stereocenters. The average molecular weight is 389 g/mol. The maximum Gasteiger partial charge on any atom is 0.416 e.